The topological polar surface area (TPSA) is 179 Å². The molecule has 16 heteroatoms. The highest BCUT2D eigenvalue weighted by Crippen LogP contribution is 2.58. The van der Waals surface area contributed by atoms with Gasteiger partial charge in [-0.25, -0.2) is 27.9 Å². The van der Waals surface area contributed by atoms with E-state index in [9.17, 15) is 22.8 Å². The van der Waals surface area contributed by atoms with Crippen molar-refractivity contribution in [3.63, 3.8) is 0 Å². The molecule has 1 saturated heterocycles. The zero-order valence-corrected chi connectivity index (χ0v) is 16.0. The molecule has 12 nitrogen and oxygen atoms in total. The summed E-state index contributed by atoms with van der Waals surface area (Å²) in [4.78, 5) is 34.0. The second-order valence-electron chi connectivity index (χ2n) is 6.28. The van der Waals surface area contributed by atoms with E-state index in [1.54, 1.807) is 0 Å². The van der Waals surface area contributed by atoms with Gasteiger partial charge in [0.05, 0.1) is 5.39 Å². The Labute approximate surface area is 156 Å². The average Bonchev–Trinajstić information content (AvgIpc) is 3.04. The van der Waals surface area contributed by atoms with Crippen molar-refractivity contribution in [3.05, 3.63) is 18.3 Å². The van der Waals surface area contributed by atoms with Crippen LogP contribution in [0.4, 0.5) is 14.6 Å². The van der Waals surface area contributed by atoms with Gasteiger partial charge in [0.15, 0.2) is 11.5 Å². The average molecular weight is 444 g/mol. The van der Waals surface area contributed by atoms with Gasteiger partial charge in [-0.15, -0.1) is 0 Å². The molecule has 0 radical (unpaired) electrons. The van der Waals surface area contributed by atoms with Crippen LogP contribution >= 0.6 is 15.6 Å². The number of phosphoric ester groups is 1. The lowest BCUT2D eigenvalue weighted by atomic mass is 10.1. The molecule has 0 aromatic carbocycles. The molecular weight excluding hydrogens is 428 g/mol. The number of alkyl halides is 1. The minimum Gasteiger partial charge on any atom is -0.383 e. The van der Waals surface area contributed by atoms with Gasteiger partial charge in [0.1, 0.15) is 24.5 Å². The number of nitrogens with zero attached hydrogens (tertiary/aromatic N) is 3. The zero-order chi connectivity index (χ0) is 21.0. The summed E-state index contributed by atoms with van der Waals surface area (Å²) in [7, 11) is -10.6. The molecule has 0 spiro atoms. The Morgan fingerprint density at radius 2 is 2.04 bits per heavy atom. The fraction of sp³-hybridized carbons (Fsp3) is 0.500. The van der Waals surface area contributed by atoms with Crippen molar-refractivity contribution < 1.29 is 46.2 Å². The molecule has 156 valence electrons. The third kappa shape index (κ3) is 4.24. The lowest BCUT2D eigenvalue weighted by Gasteiger charge is -2.29. The Morgan fingerprint density at radius 3 is 2.68 bits per heavy atom. The lowest BCUT2D eigenvalue weighted by Crippen LogP contribution is -2.36. The second-order valence-corrected chi connectivity index (χ2v) is 9.11. The highest BCUT2D eigenvalue weighted by atomic mass is 31.3. The number of fused-ring (bicyclic) bond motifs is 1. The van der Waals surface area contributed by atoms with Crippen molar-refractivity contribution in [2.45, 2.75) is 31.3 Å². The van der Waals surface area contributed by atoms with Gasteiger partial charge in [0.2, 0.25) is 5.85 Å². The molecule has 3 atom stereocenters. The maximum atomic E-state index is 14.9. The first-order chi connectivity index (χ1) is 12.7. The van der Waals surface area contributed by atoms with Gasteiger partial charge in [0.25, 0.3) is 0 Å². The molecule has 1 aliphatic rings. The van der Waals surface area contributed by atoms with Gasteiger partial charge in [-0.2, -0.15) is 4.31 Å². The van der Waals surface area contributed by atoms with Crippen molar-refractivity contribution in [1.82, 2.24) is 14.5 Å². The molecule has 3 heterocycles. The van der Waals surface area contributed by atoms with Crippen LogP contribution in [0, 0.1) is 5.82 Å². The molecule has 0 saturated carbocycles. The maximum absolute atomic E-state index is 14.9. The molecule has 1 aliphatic heterocycles. The van der Waals surface area contributed by atoms with Crippen molar-refractivity contribution in [2.75, 3.05) is 12.3 Å². The highest BCUT2D eigenvalue weighted by molar-refractivity contribution is 7.60. The first-order valence-electron chi connectivity index (χ1n) is 7.64. The van der Waals surface area contributed by atoms with Crippen LogP contribution in [-0.4, -0.2) is 41.7 Å². The fourth-order valence-corrected chi connectivity index (χ4v) is 4.54. The number of nitrogen functional groups attached to an aromatic ring is 1. The van der Waals surface area contributed by atoms with E-state index in [1.807, 2.05) is 0 Å². The summed E-state index contributed by atoms with van der Waals surface area (Å²) in [6, 6.07) is 0. The van der Waals surface area contributed by atoms with Crippen LogP contribution in [0.3, 0.4) is 0 Å². The molecule has 2 aromatic rings. The van der Waals surface area contributed by atoms with Crippen LogP contribution < -0.4 is 5.73 Å². The normalized spacial score (nSPS) is 27.9. The van der Waals surface area contributed by atoms with E-state index in [-0.39, 0.29) is 29.7 Å². The van der Waals surface area contributed by atoms with Crippen LogP contribution in [0.2, 0.25) is 0 Å². The van der Waals surface area contributed by atoms with Crippen LogP contribution in [0.5, 0.6) is 0 Å². The van der Waals surface area contributed by atoms with Gasteiger partial charge >= 0.3 is 15.6 Å². The van der Waals surface area contributed by atoms with E-state index in [2.05, 4.69) is 18.8 Å². The van der Waals surface area contributed by atoms with E-state index in [1.165, 1.54) is 11.5 Å². The van der Waals surface area contributed by atoms with Crippen molar-refractivity contribution >= 4 is 32.5 Å². The van der Waals surface area contributed by atoms with E-state index >= 15 is 0 Å². The van der Waals surface area contributed by atoms with Crippen molar-refractivity contribution in [2.24, 2.45) is 0 Å². The summed E-state index contributed by atoms with van der Waals surface area (Å²) in [6.07, 6.45) is 1.74. The number of ether oxygens (including phenoxy) is 1. The van der Waals surface area contributed by atoms with E-state index in [4.69, 9.17) is 20.3 Å². The molecule has 1 unspecified atom stereocenters. The first-order valence-corrected chi connectivity index (χ1v) is 10.7. The predicted octanol–water partition coefficient (Wildman–Crippen LogP) is 1.53. The zero-order valence-electron chi connectivity index (χ0n) is 14.2. The van der Waals surface area contributed by atoms with E-state index in [0.29, 0.717) is 0 Å². The Morgan fingerprint density at radius 1 is 1.36 bits per heavy atom. The fourth-order valence-electron chi connectivity index (χ4n) is 2.92. The molecule has 0 amide bonds. The molecule has 5 N–H and O–H groups in total. The number of halogens is 2. The molecule has 1 fully saturated rings. The SMILES string of the molecule is C[C@]1(n2cc(F)c3c(N)ncnc32)CC[C@@](F)(COP(=O)(O)OP(=O)(O)O)O1. The van der Waals surface area contributed by atoms with Gasteiger partial charge in [0, 0.05) is 19.0 Å². The largest absolute Gasteiger partial charge is 0.481 e. The second kappa shape index (κ2) is 6.78. The molecule has 2 aromatic heterocycles. The number of anilines is 1. The van der Waals surface area contributed by atoms with Crippen LogP contribution in [0.25, 0.3) is 11.0 Å². The summed E-state index contributed by atoms with van der Waals surface area (Å²) >= 11 is 0. The number of phosphoric acid groups is 2. The molecular formula is C12H16F2N4O8P2. The van der Waals surface area contributed by atoms with Gasteiger partial charge in [-0.3, -0.25) is 4.52 Å². The van der Waals surface area contributed by atoms with Crippen molar-refractivity contribution in [1.29, 1.82) is 0 Å². The number of hydrogen-bond acceptors (Lipinski definition) is 8. The monoisotopic (exact) mass is 444 g/mol. The summed E-state index contributed by atoms with van der Waals surface area (Å²) in [5.74, 6) is -3.49. The summed E-state index contributed by atoms with van der Waals surface area (Å²) < 4.78 is 65.7. The first kappa shape index (κ1) is 21.2. The quantitative estimate of drug-likeness (QED) is 0.475. The summed E-state index contributed by atoms with van der Waals surface area (Å²) in [5.41, 5.74) is 4.22. The Bertz CT molecular complexity index is 1010. The van der Waals surface area contributed by atoms with Gasteiger partial charge < -0.3 is 29.7 Å². The molecule has 28 heavy (non-hydrogen) atoms. The Kier molecular flexibility index (Phi) is 5.14. The third-order valence-corrected chi connectivity index (χ3v) is 6.23. The molecule has 0 bridgehead atoms. The maximum Gasteiger partial charge on any atom is 0.481 e. The molecule has 3 rings (SSSR count). The van der Waals surface area contributed by atoms with Crippen LogP contribution in [-0.2, 0) is 28.4 Å². The van der Waals surface area contributed by atoms with Crippen molar-refractivity contribution in [3.8, 4) is 0 Å². The predicted molar refractivity (Wildman–Crippen MR) is 88.6 cm³/mol. The van der Waals surface area contributed by atoms with Crippen LogP contribution in [0.1, 0.15) is 19.8 Å². The number of nitrogens with two attached hydrogens (primary N) is 1. The Balaban J connectivity index is 1.81. The minimum absolute atomic E-state index is 0.0188. The highest BCUT2D eigenvalue weighted by Gasteiger charge is 2.51. The minimum atomic E-state index is -5.35. The number of rotatable bonds is 6. The summed E-state index contributed by atoms with van der Waals surface area (Å²) in [5, 5.41) is -0.0742. The van der Waals surface area contributed by atoms with E-state index < -0.39 is 39.6 Å². The smallest absolute Gasteiger partial charge is 0.383 e. The number of aromatic nitrogens is 3. The lowest BCUT2D eigenvalue weighted by molar-refractivity contribution is -0.213. The molecule has 0 aliphatic carbocycles. The van der Waals surface area contributed by atoms with Gasteiger partial charge in [-0.05, 0) is 6.92 Å². The van der Waals surface area contributed by atoms with E-state index in [0.717, 1.165) is 12.5 Å². The third-order valence-electron chi connectivity index (χ3n) is 4.09. The Hall–Kier alpha value is -1.50. The van der Waals surface area contributed by atoms with Crippen LogP contribution in [0.15, 0.2) is 12.5 Å². The standard InChI is InChI=1S/C12H16F2N4O8P2/c1-11(18-4-7(13)8-9(15)16-6-17-10(8)18)2-3-12(14,25-11)5-24-28(22,23)26-27(19,20)21/h4,6H,2-3,5H2,1H3,(H,22,23)(H2,15,16,17)(H2,19,20,21)/t11-,12+/m1/s1. The number of hydrogen-bond donors (Lipinski definition) is 4. The summed E-state index contributed by atoms with van der Waals surface area (Å²) in [6.45, 7) is 0.255. The van der Waals surface area contributed by atoms with Gasteiger partial charge in [-0.1, -0.05) is 0 Å².